The van der Waals surface area contributed by atoms with Gasteiger partial charge in [-0.25, -0.2) is 0 Å². The Bertz CT molecular complexity index is 1240. The average molecular weight is 1060 g/mol. The SMILES string of the molecule is CCCCCCCCCCCCCCCCCCN(CC(O)CO)C(=O)CN1CCN(CC(=O)O)CCN(CC(=O)N(CCCCCCCCCCCCCCCCCC)CC(O)CO)CCN(CC(=O)O)CC1. The Morgan fingerprint density at radius 1 is 0.351 bits per heavy atom. The van der Waals surface area contributed by atoms with Crippen molar-refractivity contribution in [3.63, 3.8) is 0 Å². The zero-order valence-electron chi connectivity index (χ0n) is 47.5. The van der Waals surface area contributed by atoms with Crippen molar-refractivity contribution in [2.45, 2.75) is 232 Å². The molecule has 436 valence electrons. The van der Waals surface area contributed by atoms with Crippen molar-refractivity contribution in [2.24, 2.45) is 0 Å². The first-order valence-electron chi connectivity index (χ1n) is 30.4. The normalized spacial score (nSPS) is 15.6. The van der Waals surface area contributed by atoms with Crippen LogP contribution in [-0.4, -0.2) is 214 Å². The Labute approximate surface area is 451 Å². The van der Waals surface area contributed by atoms with Crippen molar-refractivity contribution < 1.29 is 49.8 Å². The van der Waals surface area contributed by atoms with Gasteiger partial charge in [-0.2, -0.15) is 0 Å². The molecular weight excluding hydrogens is 941 g/mol. The fourth-order valence-corrected chi connectivity index (χ4v) is 10.1. The average Bonchev–Trinajstić information content (AvgIpc) is 3.37. The first kappa shape index (κ1) is 69.6. The van der Waals surface area contributed by atoms with Gasteiger partial charge in [0.25, 0.3) is 0 Å². The standard InChI is InChI=1S/C58H114N6O10/c1-3-5-7-9-11-13-15-17-19-21-23-25-27-29-31-33-35-63(45-53(67)51-65)55(69)47-59-37-41-61(49-57(71)72)43-39-60(40-44-62(42-38-59)50-58(73)74)48-56(70)64(46-54(68)52-66)36-34-32-30-28-26-24-22-20-18-16-14-12-10-8-6-4-2/h53-54,65-68H,3-52H2,1-2H3,(H,71,72)(H,73,74). The summed E-state index contributed by atoms with van der Waals surface area (Å²) in [6, 6.07) is 0. The molecule has 0 saturated carbocycles. The molecule has 16 nitrogen and oxygen atoms in total. The number of hydrogen-bond acceptors (Lipinski definition) is 12. The van der Waals surface area contributed by atoms with Gasteiger partial charge in [0, 0.05) is 78.5 Å². The van der Waals surface area contributed by atoms with E-state index in [1.165, 1.54) is 154 Å². The number of aliphatic hydroxyl groups excluding tert-OH is 4. The second-order valence-corrected chi connectivity index (χ2v) is 21.9. The largest absolute Gasteiger partial charge is 0.480 e. The molecule has 1 rings (SSSR count). The minimum absolute atomic E-state index is 0.00262. The maximum absolute atomic E-state index is 13.9. The first-order chi connectivity index (χ1) is 35.9. The number of nitrogens with zero attached hydrogens (tertiary/aromatic N) is 6. The second-order valence-electron chi connectivity index (χ2n) is 21.9. The molecule has 0 aromatic rings. The molecule has 0 spiro atoms. The highest BCUT2D eigenvalue weighted by atomic mass is 16.4. The molecule has 1 aliphatic heterocycles. The fourth-order valence-electron chi connectivity index (χ4n) is 10.1. The van der Waals surface area contributed by atoms with Crippen LogP contribution in [0.4, 0.5) is 0 Å². The van der Waals surface area contributed by atoms with Crippen LogP contribution in [0.3, 0.4) is 0 Å². The molecule has 1 aliphatic rings. The van der Waals surface area contributed by atoms with E-state index in [0.29, 0.717) is 65.4 Å². The molecule has 2 amide bonds. The number of carbonyl (C=O) groups is 4. The Morgan fingerprint density at radius 2 is 0.554 bits per heavy atom. The molecule has 16 heteroatoms. The number of aliphatic carboxylic acids is 2. The summed E-state index contributed by atoms with van der Waals surface area (Å²) in [5.41, 5.74) is 0. The summed E-state index contributed by atoms with van der Waals surface area (Å²) in [5.74, 6) is -2.41. The van der Waals surface area contributed by atoms with Crippen molar-refractivity contribution >= 4 is 23.8 Å². The highest BCUT2D eigenvalue weighted by molar-refractivity contribution is 5.79. The van der Waals surface area contributed by atoms with E-state index < -0.39 is 37.4 Å². The molecule has 0 aliphatic carbocycles. The van der Waals surface area contributed by atoms with Gasteiger partial charge in [0.2, 0.25) is 11.8 Å². The van der Waals surface area contributed by atoms with Gasteiger partial charge in [-0.15, -0.1) is 0 Å². The topological polar surface area (TPSA) is 209 Å². The highest BCUT2D eigenvalue weighted by Crippen LogP contribution is 2.17. The van der Waals surface area contributed by atoms with Crippen LogP contribution in [0.2, 0.25) is 0 Å². The summed E-state index contributed by atoms with van der Waals surface area (Å²) in [4.78, 5) is 62.7. The lowest BCUT2D eigenvalue weighted by atomic mass is 10.0. The summed E-state index contributed by atoms with van der Waals surface area (Å²) in [6.45, 7) is 6.57. The Morgan fingerprint density at radius 3 is 0.757 bits per heavy atom. The van der Waals surface area contributed by atoms with Gasteiger partial charge < -0.3 is 40.4 Å². The van der Waals surface area contributed by atoms with Crippen LogP contribution in [0.25, 0.3) is 0 Å². The van der Waals surface area contributed by atoms with Gasteiger partial charge in [-0.1, -0.05) is 206 Å². The van der Waals surface area contributed by atoms with E-state index in [-0.39, 0.29) is 51.1 Å². The molecule has 0 aromatic heterocycles. The molecule has 0 bridgehead atoms. The van der Waals surface area contributed by atoms with E-state index in [9.17, 15) is 49.8 Å². The molecule has 6 N–H and O–H groups in total. The summed E-state index contributed by atoms with van der Waals surface area (Å²) in [5, 5.41) is 60.0. The van der Waals surface area contributed by atoms with Crippen molar-refractivity contribution in [3.05, 3.63) is 0 Å². The first-order valence-corrected chi connectivity index (χ1v) is 30.4. The van der Waals surface area contributed by atoms with Gasteiger partial charge >= 0.3 is 11.9 Å². The summed E-state index contributed by atoms with van der Waals surface area (Å²) >= 11 is 0. The van der Waals surface area contributed by atoms with E-state index in [4.69, 9.17) is 0 Å². The molecule has 1 heterocycles. The van der Waals surface area contributed by atoms with Gasteiger partial charge in [-0.3, -0.25) is 38.8 Å². The highest BCUT2D eigenvalue weighted by Gasteiger charge is 2.25. The number of unbranched alkanes of at least 4 members (excludes halogenated alkanes) is 30. The van der Waals surface area contributed by atoms with Gasteiger partial charge in [0.1, 0.15) is 0 Å². The Hall–Kier alpha value is -2.44. The van der Waals surface area contributed by atoms with Crippen LogP contribution in [-0.2, 0) is 19.2 Å². The fraction of sp³-hybridized carbons (Fsp3) is 0.931. The van der Waals surface area contributed by atoms with Crippen molar-refractivity contribution in [3.8, 4) is 0 Å². The lowest BCUT2D eigenvalue weighted by Gasteiger charge is -2.35. The van der Waals surface area contributed by atoms with Crippen LogP contribution >= 0.6 is 0 Å². The molecule has 0 aromatic carbocycles. The van der Waals surface area contributed by atoms with E-state index in [1.54, 1.807) is 19.6 Å². The van der Waals surface area contributed by atoms with Crippen LogP contribution in [0, 0.1) is 0 Å². The molecule has 1 saturated heterocycles. The number of rotatable bonds is 48. The lowest BCUT2D eigenvalue weighted by molar-refractivity contribution is -0.139. The predicted octanol–water partition coefficient (Wildman–Crippen LogP) is 8.26. The number of carbonyl (C=O) groups excluding carboxylic acids is 2. The number of aliphatic hydroxyl groups is 4. The number of hydrogen-bond donors (Lipinski definition) is 6. The summed E-state index contributed by atoms with van der Waals surface area (Å²) in [6.07, 6.45) is 37.5. The van der Waals surface area contributed by atoms with Crippen molar-refractivity contribution in [2.75, 3.05) is 118 Å². The monoisotopic (exact) mass is 1050 g/mol. The Kier molecular flexibility index (Phi) is 46.0. The van der Waals surface area contributed by atoms with E-state index in [0.717, 1.165) is 51.4 Å². The number of carboxylic acid groups (broad SMARTS) is 2. The van der Waals surface area contributed by atoms with Crippen molar-refractivity contribution in [1.82, 2.24) is 29.4 Å². The van der Waals surface area contributed by atoms with E-state index in [1.807, 2.05) is 9.80 Å². The molecular formula is C58H114N6O10. The predicted molar refractivity (Wildman–Crippen MR) is 299 cm³/mol. The molecule has 1 fully saturated rings. The zero-order chi connectivity index (χ0) is 54.3. The minimum atomic E-state index is -1.08. The van der Waals surface area contributed by atoms with Gasteiger partial charge in [-0.05, 0) is 12.8 Å². The third-order valence-corrected chi connectivity index (χ3v) is 14.9. The molecule has 2 atom stereocenters. The van der Waals surface area contributed by atoms with Gasteiger partial charge in [0.15, 0.2) is 0 Å². The third-order valence-electron chi connectivity index (χ3n) is 14.9. The van der Waals surface area contributed by atoms with Crippen LogP contribution in [0.15, 0.2) is 0 Å². The molecule has 2 unspecified atom stereocenters. The number of amides is 2. The summed E-state index contributed by atoms with van der Waals surface area (Å²) in [7, 11) is 0. The molecule has 74 heavy (non-hydrogen) atoms. The van der Waals surface area contributed by atoms with Crippen LogP contribution in [0.5, 0.6) is 0 Å². The lowest BCUT2D eigenvalue weighted by Crippen LogP contribution is -2.51. The van der Waals surface area contributed by atoms with Gasteiger partial charge in [0.05, 0.1) is 51.6 Å². The second kappa shape index (κ2) is 48.9. The van der Waals surface area contributed by atoms with E-state index >= 15 is 0 Å². The van der Waals surface area contributed by atoms with Crippen LogP contribution < -0.4 is 0 Å². The maximum atomic E-state index is 13.9. The van der Waals surface area contributed by atoms with Crippen molar-refractivity contribution in [1.29, 1.82) is 0 Å². The van der Waals surface area contributed by atoms with Crippen LogP contribution in [0.1, 0.15) is 219 Å². The maximum Gasteiger partial charge on any atom is 0.317 e. The zero-order valence-corrected chi connectivity index (χ0v) is 47.5. The smallest absolute Gasteiger partial charge is 0.317 e. The Balaban J connectivity index is 2.78. The number of carboxylic acids is 2. The third kappa shape index (κ3) is 40.8. The molecule has 0 radical (unpaired) electrons. The van der Waals surface area contributed by atoms with E-state index in [2.05, 4.69) is 13.8 Å². The minimum Gasteiger partial charge on any atom is -0.480 e. The summed E-state index contributed by atoms with van der Waals surface area (Å²) < 4.78 is 0. The quantitative estimate of drug-likeness (QED) is 0.0317.